The number of hydrogen-bond acceptors (Lipinski definition) is 3. The molecule has 0 saturated carbocycles. The molecular weight excluding hydrogens is 230 g/mol. The molecule has 0 fully saturated rings. The first kappa shape index (κ1) is 12.4. The average Bonchev–Trinajstić information content (AvgIpc) is 2.21. The minimum absolute atomic E-state index is 0.0957. The molecule has 0 saturated heterocycles. The number of rotatable bonds is 5. The highest BCUT2D eigenvalue weighted by molar-refractivity contribution is 7.99. The van der Waals surface area contributed by atoms with Crippen molar-refractivity contribution in [1.29, 1.82) is 0 Å². The number of anilines is 1. The van der Waals surface area contributed by atoms with Crippen molar-refractivity contribution in [1.82, 2.24) is 0 Å². The molecule has 0 aliphatic rings. The van der Waals surface area contributed by atoms with Crippen LogP contribution >= 0.6 is 11.8 Å². The summed E-state index contributed by atoms with van der Waals surface area (Å²) in [5.41, 5.74) is 0.623. The average molecular weight is 245 g/mol. The normalized spacial score (nSPS) is 11.3. The molecule has 5 heteroatoms. The Balaban J connectivity index is 2.73. The molecule has 1 rings (SSSR count). The van der Waals surface area contributed by atoms with Crippen molar-refractivity contribution >= 4 is 27.5 Å². The molecule has 1 aromatic rings. The lowest BCUT2D eigenvalue weighted by Crippen LogP contribution is -2.14. The fourth-order valence-corrected chi connectivity index (χ4v) is 2.34. The van der Waals surface area contributed by atoms with E-state index in [1.807, 2.05) is 12.1 Å². The molecule has 0 radical (unpaired) electrons. The van der Waals surface area contributed by atoms with Crippen LogP contribution in [0.4, 0.5) is 5.69 Å². The summed E-state index contributed by atoms with van der Waals surface area (Å²) in [6, 6.07) is 7.40. The number of benzene rings is 1. The van der Waals surface area contributed by atoms with Crippen molar-refractivity contribution in [2.75, 3.05) is 16.2 Å². The predicted molar refractivity (Wildman–Crippen MR) is 65.9 cm³/mol. The van der Waals surface area contributed by atoms with Crippen molar-refractivity contribution < 1.29 is 8.42 Å². The molecule has 0 spiro atoms. The van der Waals surface area contributed by atoms with E-state index < -0.39 is 10.0 Å². The third-order valence-electron chi connectivity index (χ3n) is 1.82. The van der Waals surface area contributed by atoms with Crippen LogP contribution in [0.1, 0.15) is 13.8 Å². The lowest BCUT2D eigenvalue weighted by Gasteiger charge is -2.06. The van der Waals surface area contributed by atoms with Gasteiger partial charge in [-0.05, 0) is 36.9 Å². The third-order valence-corrected chi connectivity index (χ3v) is 4.02. The van der Waals surface area contributed by atoms with E-state index in [0.29, 0.717) is 5.69 Å². The van der Waals surface area contributed by atoms with E-state index in [1.54, 1.807) is 30.8 Å². The molecular formula is C10H15NO2S2. The van der Waals surface area contributed by atoms with Crippen molar-refractivity contribution in [2.24, 2.45) is 0 Å². The van der Waals surface area contributed by atoms with E-state index in [0.717, 1.165) is 10.6 Å². The smallest absolute Gasteiger partial charge is 0.232 e. The summed E-state index contributed by atoms with van der Waals surface area (Å²) in [5, 5.41) is 0. The Hall–Kier alpha value is -0.680. The number of thioether (sulfide) groups is 1. The Kier molecular flexibility index (Phi) is 4.47. The number of sulfonamides is 1. The zero-order chi connectivity index (χ0) is 11.3. The van der Waals surface area contributed by atoms with Crippen LogP contribution in [0.3, 0.4) is 0 Å². The Labute approximate surface area is 95.3 Å². The van der Waals surface area contributed by atoms with Gasteiger partial charge in [0.1, 0.15) is 0 Å². The van der Waals surface area contributed by atoms with E-state index in [-0.39, 0.29) is 5.75 Å². The molecule has 0 amide bonds. The summed E-state index contributed by atoms with van der Waals surface area (Å²) in [7, 11) is -3.15. The second kappa shape index (κ2) is 5.42. The van der Waals surface area contributed by atoms with Crippen LogP contribution in [-0.2, 0) is 10.0 Å². The topological polar surface area (TPSA) is 46.2 Å². The van der Waals surface area contributed by atoms with Crippen molar-refractivity contribution in [2.45, 2.75) is 18.7 Å². The fraction of sp³-hybridized carbons (Fsp3) is 0.400. The van der Waals surface area contributed by atoms with Gasteiger partial charge in [0.2, 0.25) is 10.0 Å². The monoisotopic (exact) mass is 245 g/mol. The van der Waals surface area contributed by atoms with Gasteiger partial charge in [0.15, 0.2) is 0 Å². The minimum atomic E-state index is -3.15. The van der Waals surface area contributed by atoms with Crippen molar-refractivity contribution in [3.05, 3.63) is 24.3 Å². The van der Waals surface area contributed by atoms with E-state index in [1.165, 1.54) is 0 Å². The standard InChI is InChI=1S/C10H15NO2S2/c1-3-14-10-7-5-9(6-8-10)11-15(12,13)4-2/h5-8,11H,3-4H2,1-2H3. The highest BCUT2D eigenvalue weighted by Gasteiger charge is 2.05. The van der Waals surface area contributed by atoms with Crippen LogP contribution in [-0.4, -0.2) is 19.9 Å². The Morgan fingerprint density at radius 2 is 1.80 bits per heavy atom. The molecule has 0 atom stereocenters. The summed E-state index contributed by atoms with van der Waals surface area (Å²) in [5.74, 6) is 1.11. The summed E-state index contributed by atoms with van der Waals surface area (Å²) in [6.07, 6.45) is 0. The van der Waals surface area contributed by atoms with E-state index in [2.05, 4.69) is 11.6 Å². The van der Waals surface area contributed by atoms with Crippen molar-refractivity contribution in [3.8, 4) is 0 Å². The molecule has 0 bridgehead atoms. The van der Waals surface area contributed by atoms with Crippen molar-refractivity contribution in [3.63, 3.8) is 0 Å². The maximum absolute atomic E-state index is 11.3. The highest BCUT2D eigenvalue weighted by atomic mass is 32.2. The molecule has 0 aliphatic heterocycles. The van der Waals surface area contributed by atoms with Gasteiger partial charge in [-0.3, -0.25) is 4.72 Å². The molecule has 84 valence electrons. The van der Waals surface area contributed by atoms with E-state index in [9.17, 15) is 8.42 Å². The Morgan fingerprint density at radius 1 is 1.20 bits per heavy atom. The highest BCUT2D eigenvalue weighted by Crippen LogP contribution is 2.20. The summed E-state index contributed by atoms with van der Waals surface area (Å²) in [4.78, 5) is 1.15. The number of nitrogens with one attached hydrogen (secondary N) is 1. The summed E-state index contributed by atoms with van der Waals surface area (Å²) < 4.78 is 25.0. The summed E-state index contributed by atoms with van der Waals surface area (Å²) >= 11 is 1.73. The lowest BCUT2D eigenvalue weighted by molar-refractivity contribution is 0.602. The van der Waals surface area contributed by atoms with Gasteiger partial charge in [0.25, 0.3) is 0 Å². The van der Waals surface area contributed by atoms with Crippen LogP contribution in [0, 0.1) is 0 Å². The van der Waals surface area contributed by atoms with Crippen LogP contribution < -0.4 is 4.72 Å². The third kappa shape index (κ3) is 4.13. The predicted octanol–water partition coefficient (Wildman–Crippen LogP) is 2.56. The molecule has 1 aromatic carbocycles. The van der Waals surface area contributed by atoms with Gasteiger partial charge in [-0.2, -0.15) is 0 Å². The van der Waals surface area contributed by atoms with Crippen LogP contribution in [0.25, 0.3) is 0 Å². The molecule has 0 aliphatic carbocycles. The van der Waals surface area contributed by atoms with Crippen LogP contribution in [0.15, 0.2) is 29.2 Å². The first-order chi connectivity index (χ1) is 7.07. The minimum Gasteiger partial charge on any atom is -0.284 e. The zero-order valence-electron chi connectivity index (χ0n) is 8.86. The second-order valence-corrected chi connectivity index (χ2v) is 6.31. The van der Waals surface area contributed by atoms with Gasteiger partial charge in [0.05, 0.1) is 5.75 Å². The first-order valence-corrected chi connectivity index (χ1v) is 7.44. The molecule has 0 unspecified atom stereocenters. The molecule has 15 heavy (non-hydrogen) atoms. The van der Waals surface area contributed by atoms with E-state index in [4.69, 9.17) is 0 Å². The van der Waals surface area contributed by atoms with Crippen LogP contribution in [0.5, 0.6) is 0 Å². The van der Waals surface area contributed by atoms with Crippen LogP contribution in [0.2, 0.25) is 0 Å². The maximum Gasteiger partial charge on any atom is 0.232 e. The van der Waals surface area contributed by atoms with Gasteiger partial charge >= 0.3 is 0 Å². The van der Waals surface area contributed by atoms with Gasteiger partial charge < -0.3 is 0 Å². The largest absolute Gasteiger partial charge is 0.284 e. The molecule has 1 N–H and O–H groups in total. The van der Waals surface area contributed by atoms with Gasteiger partial charge in [-0.1, -0.05) is 6.92 Å². The Bertz CT molecular complexity index is 398. The number of hydrogen-bond donors (Lipinski definition) is 1. The SMILES string of the molecule is CCSc1ccc(NS(=O)(=O)CC)cc1. The quantitative estimate of drug-likeness (QED) is 0.811. The van der Waals surface area contributed by atoms with E-state index >= 15 is 0 Å². The second-order valence-electron chi connectivity index (χ2n) is 2.96. The molecule has 0 heterocycles. The maximum atomic E-state index is 11.3. The first-order valence-electron chi connectivity index (χ1n) is 4.80. The summed E-state index contributed by atoms with van der Waals surface area (Å²) in [6.45, 7) is 3.70. The van der Waals surface area contributed by atoms with Gasteiger partial charge in [0, 0.05) is 10.6 Å². The fourth-order valence-electron chi connectivity index (χ4n) is 1.04. The molecule has 0 aromatic heterocycles. The zero-order valence-corrected chi connectivity index (χ0v) is 10.5. The van der Waals surface area contributed by atoms with Gasteiger partial charge in [-0.15, -0.1) is 11.8 Å². The lowest BCUT2D eigenvalue weighted by atomic mass is 10.3. The van der Waals surface area contributed by atoms with Gasteiger partial charge in [-0.25, -0.2) is 8.42 Å². The Morgan fingerprint density at radius 3 is 2.27 bits per heavy atom. The molecule has 3 nitrogen and oxygen atoms in total.